The van der Waals surface area contributed by atoms with Crippen molar-refractivity contribution in [2.24, 2.45) is 0 Å². The van der Waals surface area contributed by atoms with Crippen LogP contribution in [0.15, 0.2) is 4.34 Å². The van der Waals surface area contributed by atoms with Crippen LogP contribution in [0.5, 0.6) is 0 Å². The van der Waals surface area contributed by atoms with Gasteiger partial charge in [-0.3, -0.25) is 9.52 Å². The van der Waals surface area contributed by atoms with Gasteiger partial charge in [-0.1, -0.05) is 11.3 Å². The molecule has 12 heteroatoms. The van der Waals surface area contributed by atoms with Gasteiger partial charge in [0.1, 0.15) is 5.00 Å². The Morgan fingerprint density at radius 3 is 2.63 bits per heavy atom. The molecule has 0 fully saturated rings. The van der Waals surface area contributed by atoms with Crippen molar-refractivity contribution in [1.29, 1.82) is 0 Å². The van der Waals surface area contributed by atoms with E-state index in [9.17, 15) is 18.0 Å². The van der Waals surface area contributed by atoms with E-state index in [1.165, 1.54) is 18.3 Å². The highest BCUT2D eigenvalue weighted by Gasteiger charge is 2.30. The summed E-state index contributed by atoms with van der Waals surface area (Å²) in [4.78, 5) is 24.5. The molecule has 1 aliphatic carbocycles. The van der Waals surface area contributed by atoms with Gasteiger partial charge in [0.25, 0.3) is 14.4 Å². The van der Waals surface area contributed by atoms with E-state index in [0.29, 0.717) is 6.42 Å². The number of hydrogen-bond donors (Lipinski definition) is 2. The molecule has 146 valence electrons. The zero-order valence-electron chi connectivity index (χ0n) is 14.7. The summed E-state index contributed by atoms with van der Waals surface area (Å²) in [7, 11) is -4.05. The highest BCUT2D eigenvalue weighted by atomic mass is 32.2. The van der Waals surface area contributed by atoms with Gasteiger partial charge in [0.2, 0.25) is 11.0 Å². The Hall–Kier alpha value is -2.05. The number of hydrogen-bond acceptors (Lipinski definition) is 9. The highest BCUT2D eigenvalue weighted by Crippen LogP contribution is 2.39. The number of thiophene rings is 1. The van der Waals surface area contributed by atoms with E-state index < -0.39 is 16.0 Å². The monoisotopic (exact) mass is 430 g/mol. The molecule has 0 radical (unpaired) electrons. The number of nitrogens with one attached hydrogen (secondary N) is 2. The second-order valence-corrected chi connectivity index (χ2v) is 9.73. The lowest BCUT2D eigenvalue weighted by molar-refractivity contribution is -0.114. The molecule has 2 N–H and O–H groups in total. The van der Waals surface area contributed by atoms with Crippen molar-refractivity contribution >= 4 is 54.7 Å². The summed E-state index contributed by atoms with van der Waals surface area (Å²) in [5.74, 6) is -0.913. The fourth-order valence-corrected chi connectivity index (χ4v) is 6.27. The lowest BCUT2D eigenvalue weighted by atomic mass is 9.95. The van der Waals surface area contributed by atoms with Crippen molar-refractivity contribution in [3.05, 3.63) is 16.0 Å². The number of carbonyl (C=O) groups is 2. The molecule has 27 heavy (non-hydrogen) atoms. The van der Waals surface area contributed by atoms with Gasteiger partial charge in [-0.05, 0) is 38.2 Å². The van der Waals surface area contributed by atoms with Crippen LogP contribution in [0, 0.1) is 0 Å². The molecule has 2 aromatic rings. The van der Waals surface area contributed by atoms with Crippen LogP contribution in [0.25, 0.3) is 0 Å². The average Bonchev–Trinajstić information content (AvgIpc) is 3.18. The Morgan fingerprint density at radius 1 is 1.19 bits per heavy atom. The summed E-state index contributed by atoms with van der Waals surface area (Å²) in [6, 6.07) is 0. The second kappa shape index (κ2) is 7.90. The fraction of sp³-hybridized carbons (Fsp3) is 0.467. The molecule has 1 aliphatic rings. The molecule has 0 aliphatic heterocycles. The molecule has 0 saturated heterocycles. The van der Waals surface area contributed by atoms with Crippen molar-refractivity contribution in [2.45, 2.75) is 43.9 Å². The molecule has 9 nitrogen and oxygen atoms in total. The normalized spacial score (nSPS) is 13.7. The molecule has 2 aromatic heterocycles. The van der Waals surface area contributed by atoms with Crippen LogP contribution in [-0.4, -0.2) is 37.1 Å². The summed E-state index contributed by atoms with van der Waals surface area (Å²) in [5.41, 5.74) is 1.14. The first-order valence-electron chi connectivity index (χ1n) is 8.27. The molecular formula is C15H18N4O5S3. The number of esters is 1. The standard InChI is InChI=1S/C15H18N4O5S3/c1-3-24-13(21)11-9-6-4-5-7-10(9)25-12(11)19-27(22,23)15-18-17-14(26-15)16-8(2)20/h19H,3-7H2,1-2H3,(H,16,17,20). The van der Waals surface area contributed by atoms with Gasteiger partial charge in [0.15, 0.2) is 0 Å². The summed E-state index contributed by atoms with van der Waals surface area (Å²) in [6.45, 7) is 3.19. The van der Waals surface area contributed by atoms with Crippen LogP contribution in [0.1, 0.15) is 47.5 Å². The van der Waals surface area contributed by atoms with Gasteiger partial charge in [-0.25, -0.2) is 4.79 Å². The highest BCUT2D eigenvalue weighted by molar-refractivity contribution is 7.94. The van der Waals surface area contributed by atoms with E-state index in [1.54, 1.807) is 6.92 Å². The van der Waals surface area contributed by atoms with E-state index in [1.807, 2.05) is 0 Å². The zero-order chi connectivity index (χ0) is 19.6. The summed E-state index contributed by atoms with van der Waals surface area (Å²) in [5, 5.41) is 9.97. The van der Waals surface area contributed by atoms with Crippen molar-refractivity contribution < 1.29 is 22.7 Å². The van der Waals surface area contributed by atoms with Crippen LogP contribution >= 0.6 is 22.7 Å². The molecule has 1 amide bonds. The van der Waals surface area contributed by atoms with Crippen LogP contribution < -0.4 is 10.0 Å². The SMILES string of the molecule is CCOC(=O)c1c(NS(=O)(=O)c2nnc(NC(C)=O)s2)sc2c1CCCC2. The van der Waals surface area contributed by atoms with Gasteiger partial charge in [0.05, 0.1) is 12.2 Å². The molecule has 0 atom stereocenters. The minimum absolute atomic E-state index is 0.0824. The maximum atomic E-state index is 12.7. The van der Waals surface area contributed by atoms with Crippen molar-refractivity contribution in [1.82, 2.24) is 10.2 Å². The van der Waals surface area contributed by atoms with E-state index in [0.717, 1.165) is 41.0 Å². The first kappa shape index (κ1) is 19.7. The largest absolute Gasteiger partial charge is 0.462 e. The lowest BCUT2D eigenvalue weighted by Crippen LogP contribution is -2.16. The van der Waals surface area contributed by atoms with Crippen LogP contribution in [0.4, 0.5) is 10.1 Å². The third-order valence-electron chi connectivity index (χ3n) is 3.80. The minimum atomic E-state index is -4.05. The average molecular weight is 431 g/mol. The fourth-order valence-electron chi connectivity index (χ4n) is 2.74. The number of sulfonamides is 1. The topological polar surface area (TPSA) is 127 Å². The third kappa shape index (κ3) is 4.28. The molecule has 0 saturated carbocycles. The number of anilines is 2. The Bertz CT molecular complexity index is 980. The molecule has 0 spiro atoms. The molecule has 0 bridgehead atoms. The van der Waals surface area contributed by atoms with Crippen LogP contribution in [0.3, 0.4) is 0 Å². The Kier molecular flexibility index (Phi) is 5.77. The van der Waals surface area contributed by atoms with E-state index >= 15 is 0 Å². The first-order chi connectivity index (χ1) is 12.8. The summed E-state index contributed by atoms with van der Waals surface area (Å²) >= 11 is 1.98. The van der Waals surface area contributed by atoms with Gasteiger partial charge < -0.3 is 10.1 Å². The minimum Gasteiger partial charge on any atom is -0.462 e. The molecule has 2 heterocycles. The predicted molar refractivity (Wildman–Crippen MR) is 102 cm³/mol. The Labute approximate surface area is 164 Å². The maximum absolute atomic E-state index is 12.7. The molecule has 0 aromatic carbocycles. The number of rotatable bonds is 6. The third-order valence-corrected chi connectivity index (χ3v) is 7.69. The van der Waals surface area contributed by atoms with Crippen molar-refractivity contribution in [3.63, 3.8) is 0 Å². The lowest BCUT2D eigenvalue weighted by Gasteiger charge is -2.12. The van der Waals surface area contributed by atoms with E-state index in [-0.39, 0.29) is 32.5 Å². The zero-order valence-corrected chi connectivity index (χ0v) is 17.1. The number of aryl methyl sites for hydroxylation is 1. The first-order valence-corrected chi connectivity index (χ1v) is 11.4. The quantitative estimate of drug-likeness (QED) is 0.532. The summed E-state index contributed by atoms with van der Waals surface area (Å²) < 4.78 is 32.6. The number of fused-ring (bicyclic) bond motifs is 1. The van der Waals surface area contributed by atoms with Gasteiger partial charge >= 0.3 is 5.97 Å². The number of carbonyl (C=O) groups excluding carboxylic acids is 2. The van der Waals surface area contributed by atoms with Gasteiger partial charge in [-0.2, -0.15) is 8.42 Å². The summed E-state index contributed by atoms with van der Waals surface area (Å²) in [6.07, 6.45) is 3.46. The van der Waals surface area contributed by atoms with E-state index in [4.69, 9.17) is 4.74 Å². The number of nitrogens with zero attached hydrogens (tertiary/aromatic N) is 2. The smallest absolute Gasteiger partial charge is 0.341 e. The number of ether oxygens (including phenoxy) is 1. The van der Waals surface area contributed by atoms with Crippen molar-refractivity contribution in [3.8, 4) is 0 Å². The number of amides is 1. The molecule has 0 unspecified atom stereocenters. The molecular weight excluding hydrogens is 412 g/mol. The number of aromatic nitrogens is 2. The Morgan fingerprint density at radius 2 is 1.93 bits per heavy atom. The van der Waals surface area contributed by atoms with Crippen LogP contribution in [-0.2, 0) is 32.4 Å². The van der Waals surface area contributed by atoms with E-state index in [2.05, 4.69) is 20.2 Å². The second-order valence-electron chi connectivity index (χ2n) is 5.80. The Balaban J connectivity index is 1.94. The van der Waals surface area contributed by atoms with Crippen LogP contribution in [0.2, 0.25) is 0 Å². The molecule has 3 rings (SSSR count). The van der Waals surface area contributed by atoms with Gasteiger partial charge in [-0.15, -0.1) is 21.5 Å². The van der Waals surface area contributed by atoms with Gasteiger partial charge in [0, 0.05) is 11.8 Å². The van der Waals surface area contributed by atoms with Crippen molar-refractivity contribution in [2.75, 3.05) is 16.6 Å². The predicted octanol–water partition coefficient (Wildman–Crippen LogP) is 2.41. The maximum Gasteiger partial charge on any atom is 0.341 e.